The molecule has 0 spiro atoms. The Bertz CT molecular complexity index is 1000. The van der Waals surface area contributed by atoms with Crippen LogP contribution in [0.3, 0.4) is 0 Å². The Labute approximate surface area is 151 Å². The molecular formula is C17H13BrClN3O2. The summed E-state index contributed by atoms with van der Waals surface area (Å²) in [4.78, 5) is 28.9. The van der Waals surface area contributed by atoms with Gasteiger partial charge in [-0.25, -0.2) is 4.98 Å². The molecule has 3 aromatic rings. The average Bonchev–Trinajstić information content (AvgIpc) is 2.53. The fourth-order valence-corrected chi connectivity index (χ4v) is 2.95. The predicted molar refractivity (Wildman–Crippen MR) is 98.5 cm³/mol. The first-order valence-corrected chi connectivity index (χ1v) is 8.32. The summed E-state index contributed by atoms with van der Waals surface area (Å²) in [5.41, 5.74) is 1.82. The van der Waals surface area contributed by atoms with Crippen LogP contribution in [-0.4, -0.2) is 15.5 Å². The van der Waals surface area contributed by atoms with E-state index in [9.17, 15) is 9.59 Å². The number of nitrogens with one attached hydrogen (secondary N) is 1. The molecule has 0 radical (unpaired) electrons. The second-order valence-electron chi connectivity index (χ2n) is 5.37. The SMILES string of the molecule is Cc1ccc(NC(=O)Cn2cnc3ccc(Br)cc3c2=O)c(Cl)c1. The van der Waals surface area contributed by atoms with Gasteiger partial charge in [-0.05, 0) is 42.8 Å². The summed E-state index contributed by atoms with van der Waals surface area (Å²) in [6, 6.07) is 10.6. The quantitative estimate of drug-likeness (QED) is 0.720. The summed E-state index contributed by atoms with van der Waals surface area (Å²) in [7, 11) is 0. The minimum Gasteiger partial charge on any atom is -0.323 e. The smallest absolute Gasteiger partial charge is 0.261 e. The Balaban J connectivity index is 1.85. The van der Waals surface area contributed by atoms with Crippen molar-refractivity contribution in [1.29, 1.82) is 0 Å². The third-order valence-electron chi connectivity index (χ3n) is 3.50. The van der Waals surface area contributed by atoms with Gasteiger partial charge in [0.2, 0.25) is 5.91 Å². The lowest BCUT2D eigenvalue weighted by atomic mass is 10.2. The van der Waals surface area contributed by atoms with Crippen molar-refractivity contribution >= 4 is 50.0 Å². The lowest BCUT2D eigenvalue weighted by Gasteiger charge is -2.10. The second kappa shape index (κ2) is 6.75. The number of fused-ring (bicyclic) bond motifs is 1. The molecule has 24 heavy (non-hydrogen) atoms. The number of hydrogen-bond donors (Lipinski definition) is 1. The van der Waals surface area contributed by atoms with Crippen molar-refractivity contribution in [3.05, 3.63) is 68.1 Å². The first-order valence-electron chi connectivity index (χ1n) is 7.15. The van der Waals surface area contributed by atoms with Gasteiger partial charge in [-0.1, -0.05) is 33.6 Å². The Hall–Kier alpha value is -2.18. The van der Waals surface area contributed by atoms with Gasteiger partial charge in [0.25, 0.3) is 5.56 Å². The molecular weight excluding hydrogens is 394 g/mol. The second-order valence-corrected chi connectivity index (χ2v) is 6.69. The number of amides is 1. The van der Waals surface area contributed by atoms with E-state index in [2.05, 4.69) is 26.2 Å². The van der Waals surface area contributed by atoms with Gasteiger partial charge in [0.15, 0.2) is 0 Å². The van der Waals surface area contributed by atoms with E-state index >= 15 is 0 Å². The van der Waals surface area contributed by atoms with E-state index in [1.807, 2.05) is 19.1 Å². The van der Waals surface area contributed by atoms with Crippen LogP contribution >= 0.6 is 27.5 Å². The van der Waals surface area contributed by atoms with Crippen LogP contribution in [0.4, 0.5) is 5.69 Å². The molecule has 0 aliphatic heterocycles. The van der Waals surface area contributed by atoms with Crippen LogP contribution in [0.25, 0.3) is 10.9 Å². The number of halogens is 2. The van der Waals surface area contributed by atoms with Crippen molar-refractivity contribution in [2.45, 2.75) is 13.5 Å². The first-order chi connectivity index (χ1) is 11.4. The highest BCUT2D eigenvalue weighted by molar-refractivity contribution is 9.10. The molecule has 1 N–H and O–H groups in total. The van der Waals surface area contributed by atoms with E-state index in [4.69, 9.17) is 11.6 Å². The number of carbonyl (C=O) groups is 1. The standard InChI is InChI=1S/C17H13BrClN3O2/c1-10-2-4-15(13(19)6-10)21-16(23)8-22-9-20-14-5-3-11(18)7-12(14)17(22)24/h2-7,9H,8H2,1H3,(H,21,23). The summed E-state index contributed by atoms with van der Waals surface area (Å²) in [6.07, 6.45) is 1.37. The van der Waals surface area contributed by atoms with Crippen molar-refractivity contribution in [2.24, 2.45) is 0 Å². The highest BCUT2D eigenvalue weighted by atomic mass is 79.9. The fourth-order valence-electron chi connectivity index (χ4n) is 2.31. The third kappa shape index (κ3) is 3.49. The molecule has 0 unspecified atom stereocenters. The Kier molecular flexibility index (Phi) is 4.69. The fraction of sp³-hybridized carbons (Fsp3) is 0.118. The van der Waals surface area contributed by atoms with E-state index in [0.717, 1.165) is 10.0 Å². The van der Waals surface area contributed by atoms with E-state index in [1.54, 1.807) is 24.3 Å². The predicted octanol–water partition coefficient (Wildman–Crippen LogP) is 3.76. The number of hydrogen-bond acceptors (Lipinski definition) is 3. The molecule has 0 saturated carbocycles. The van der Waals surface area contributed by atoms with Crippen LogP contribution in [0, 0.1) is 6.92 Å². The van der Waals surface area contributed by atoms with Crippen molar-refractivity contribution in [2.75, 3.05) is 5.32 Å². The highest BCUT2D eigenvalue weighted by Crippen LogP contribution is 2.22. The topological polar surface area (TPSA) is 64.0 Å². The van der Waals surface area contributed by atoms with Crippen molar-refractivity contribution < 1.29 is 4.79 Å². The van der Waals surface area contributed by atoms with Gasteiger partial charge in [0, 0.05) is 4.47 Å². The van der Waals surface area contributed by atoms with Gasteiger partial charge in [-0.15, -0.1) is 0 Å². The monoisotopic (exact) mass is 405 g/mol. The molecule has 7 heteroatoms. The number of benzene rings is 2. The normalized spacial score (nSPS) is 10.8. The van der Waals surface area contributed by atoms with E-state index < -0.39 is 0 Å². The zero-order valence-corrected chi connectivity index (χ0v) is 15.1. The van der Waals surface area contributed by atoms with Gasteiger partial charge >= 0.3 is 0 Å². The van der Waals surface area contributed by atoms with Crippen LogP contribution < -0.4 is 10.9 Å². The lowest BCUT2D eigenvalue weighted by Crippen LogP contribution is -2.28. The third-order valence-corrected chi connectivity index (χ3v) is 4.30. The Morgan fingerprint density at radius 3 is 2.83 bits per heavy atom. The highest BCUT2D eigenvalue weighted by Gasteiger charge is 2.10. The van der Waals surface area contributed by atoms with Crippen molar-refractivity contribution in [3.63, 3.8) is 0 Å². The number of aromatic nitrogens is 2. The Morgan fingerprint density at radius 1 is 1.29 bits per heavy atom. The molecule has 1 aromatic heterocycles. The molecule has 1 heterocycles. The summed E-state index contributed by atoms with van der Waals surface area (Å²) >= 11 is 9.43. The van der Waals surface area contributed by atoms with E-state index in [0.29, 0.717) is 21.6 Å². The van der Waals surface area contributed by atoms with Crippen molar-refractivity contribution in [3.8, 4) is 0 Å². The molecule has 0 saturated heterocycles. The number of anilines is 1. The number of aryl methyl sites for hydroxylation is 1. The average molecular weight is 407 g/mol. The largest absolute Gasteiger partial charge is 0.323 e. The zero-order valence-electron chi connectivity index (χ0n) is 12.7. The number of carbonyl (C=O) groups excluding carboxylic acids is 1. The van der Waals surface area contributed by atoms with Gasteiger partial charge in [0.1, 0.15) is 6.54 Å². The van der Waals surface area contributed by atoms with Crippen LogP contribution in [0.1, 0.15) is 5.56 Å². The molecule has 0 fully saturated rings. The Morgan fingerprint density at radius 2 is 2.08 bits per heavy atom. The minimum absolute atomic E-state index is 0.140. The van der Waals surface area contributed by atoms with Crippen LogP contribution in [0.5, 0.6) is 0 Å². The summed E-state index contributed by atoms with van der Waals surface area (Å²) in [5, 5.41) is 3.61. The molecule has 0 atom stereocenters. The molecule has 0 bridgehead atoms. The maximum atomic E-state index is 12.5. The molecule has 0 aliphatic rings. The number of rotatable bonds is 3. The molecule has 0 aliphatic carbocycles. The summed E-state index contributed by atoms with van der Waals surface area (Å²) < 4.78 is 2.05. The van der Waals surface area contributed by atoms with E-state index in [-0.39, 0.29) is 18.0 Å². The lowest BCUT2D eigenvalue weighted by molar-refractivity contribution is -0.116. The van der Waals surface area contributed by atoms with E-state index in [1.165, 1.54) is 10.9 Å². The van der Waals surface area contributed by atoms with Crippen LogP contribution in [-0.2, 0) is 11.3 Å². The molecule has 3 rings (SSSR count). The molecule has 5 nitrogen and oxygen atoms in total. The summed E-state index contributed by atoms with van der Waals surface area (Å²) in [5.74, 6) is -0.348. The maximum Gasteiger partial charge on any atom is 0.261 e. The number of nitrogens with zero attached hydrogens (tertiary/aromatic N) is 2. The van der Waals surface area contributed by atoms with Gasteiger partial charge < -0.3 is 5.32 Å². The van der Waals surface area contributed by atoms with Gasteiger partial charge in [0.05, 0.1) is 27.9 Å². The van der Waals surface area contributed by atoms with Crippen molar-refractivity contribution in [1.82, 2.24) is 9.55 Å². The zero-order chi connectivity index (χ0) is 17.3. The maximum absolute atomic E-state index is 12.5. The van der Waals surface area contributed by atoms with Gasteiger partial charge in [-0.2, -0.15) is 0 Å². The first kappa shape index (κ1) is 16.7. The molecule has 1 amide bonds. The molecule has 2 aromatic carbocycles. The van der Waals surface area contributed by atoms with Gasteiger partial charge in [-0.3, -0.25) is 14.2 Å². The van der Waals surface area contributed by atoms with Crippen LogP contribution in [0.2, 0.25) is 5.02 Å². The van der Waals surface area contributed by atoms with Crippen LogP contribution in [0.15, 0.2) is 52.0 Å². The molecule has 122 valence electrons. The minimum atomic E-state index is -0.348. The summed E-state index contributed by atoms with van der Waals surface area (Å²) in [6.45, 7) is 1.77.